The maximum atomic E-state index is 12.8. The lowest BCUT2D eigenvalue weighted by atomic mass is 9.80. The molecule has 0 saturated heterocycles. The summed E-state index contributed by atoms with van der Waals surface area (Å²) in [4.78, 5) is 12.8. The van der Waals surface area contributed by atoms with Gasteiger partial charge in [-0.15, -0.1) is 0 Å². The van der Waals surface area contributed by atoms with Crippen LogP contribution in [0.1, 0.15) is 44.4 Å². The quantitative estimate of drug-likeness (QED) is 0.297. The Hall–Kier alpha value is -3.11. The highest BCUT2D eigenvalue weighted by Crippen LogP contribution is 2.50. The Morgan fingerprint density at radius 1 is 0.794 bits per heavy atom. The Kier molecular flexibility index (Phi) is 6.81. The summed E-state index contributed by atoms with van der Waals surface area (Å²) in [7, 11) is 1.67. The molecular formula is C30H34O4. The van der Waals surface area contributed by atoms with Crippen molar-refractivity contribution in [1.29, 1.82) is 0 Å². The van der Waals surface area contributed by atoms with E-state index in [1.54, 1.807) is 7.11 Å². The highest BCUT2D eigenvalue weighted by molar-refractivity contribution is 5.76. The molecule has 0 N–H and O–H groups in total. The van der Waals surface area contributed by atoms with Gasteiger partial charge in [0.25, 0.3) is 0 Å². The first-order valence-electron chi connectivity index (χ1n) is 11.9. The Morgan fingerprint density at radius 3 is 1.76 bits per heavy atom. The molecule has 0 radical (unpaired) electrons. The van der Waals surface area contributed by atoms with Crippen molar-refractivity contribution >= 4 is 5.97 Å². The number of hydrogen-bond acceptors (Lipinski definition) is 4. The van der Waals surface area contributed by atoms with E-state index in [0.29, 0.717) is 6.61 Å². The van der Waals surface area contributed by atoms with Crippen LogP contribution in [0.4, 0.5) is 0 Å². The monoisotopic (exact) mass is 458 g/mol. The molecular weight excluding hydrogens is 424 g/mol. The van der Waals surface area contributed by atoms with Gasteiger partial charge in [-0.3, -0.25) is 4.79 Å². The molecule has 1 fully saturated rings. The van der Waals surface area contributed by atoms with Gasteiger partial charge < -0.3 is 14.2 Å². The van der Waals surface area contributed by atoms with E-state index in [0.717, 1.165) is 22.4 Å². The van der Waals surface area contributed by atoms with Crippen molar-refractivity contribution in [2.45, 2.75) is 38.9 Å². The van der Waals surface area contributed by atoms with Crippen LogP contribution in [-0.4, -0.2) is 25.3 Å². The van der Waals surface area contributed by atoms with E-state index in [4.69, 9.17) is 14.2 Å². The summed E-state index contributed by atoms with van der Waals surface area (Å²) < 4.78 is 18.0. The number of carbonyl (C=O) groups excluding carboxylic acids is 1. The molecule has 4 nitrogen and oxygen atoms in total. The van der Waals surface area contributed by atoms with Crippen molar-refractivity contribution < 1.29 is 19.0 Å². The van der Waals surface area contributed by atoms with Crippen LogP contribution in [0.5, 0.6) is 5.75 Å². The van der Waals surface area contributed by atoms with Crippen molar-refractivity contribution in [1.82, 2.24) is 0 Å². The number of benzene rings is 3. The molecule has 34 heavy (non-hydrogen) atoms. The second kappa shape index (κ2) is 9.63. The molecule has 0 aliphatic heterocycles. The Labute approximate surface area is 202 Å². The molecule has 0 spiro atoms. The van der Waals surface area contributed by atoms with E-state index in [9.17, 15) is 4.79 Å². The number of hydrogen-bond donors (Lipinski definition) is 0. The fraction of sp³-hybridized carbons (Fsp3) is 0.367. The summed E-state index contributed by atoms with van der Waals surface area (Å²) in [6, 6.07) is 28.6. The van der Waals surface area contributed by atoms with Crippen molar-refractivity contribution in [3.05, 3.63) is 102 Å². The lowest BCUT2D eigenvalue weighted by Crippen LogP contribution is -2.34. The highest BCUT2D eigenvalue weighted by atomic mass is 16.6. The van der Waals surface area contributed by atoms with Crippen LogP contribution in [0.25, 0.3) is 0 Å². The molecule has 4 heteroatoms. The Morgan fingerprint density at radius 2 is 1.29 bits per heavy atom. The summed E-state index contributed by atoms with van der Waals surface area (Å²) in [5.41, 5.74) is 1.76. The summed E-state index contributed by atoms with van der Waals surface area (Å²) in [6.07, 6.45) is 0. The molecule has 1 aliphatic rings. The first-order chi connectivity index (χ1) is 16.3. The van der Waals surface area contributed by atoms with Crippen LogP contribution in [0.15, 0.2) is 84.9 Å². The molecule has 3 unspecified atom stereocenters. The molecule has 178 valence electrons. The minimum absolute atomic E-state index is 0.111. The second-order valence-corrected chi connectivity index (χ2v) is 10.0. The summed E-state index contributed by atoms with van der Waals surface area (Å²) >= 11 is 0. The van der Waals surface area contributed by atoms with E-state index in [1.807, 2.05) is 69.3 Å². The third-order valence-corrected chi connectivity index (χ3v) is 6.59. The highest BCUT2D eigenvalue weighted by Gasteiger charge is 2.54. The third-order valence-electron chi connectivity index (χ3n) is 6.59. The predicted molar refractivity (Wildman–Crippen MR) is 134 cm³/mol. The van der Waals surface area contributed by atoms with Gasteiger partial charge in [-0.2, -0.15) is 0 Å². The van der Waals surface area contributed by atoms with Gasteiger partial charge in [-0.05, 0) is 61.4 Å². The van der Waals surface area contributed by atoms with Crippen LogP contribution < -0.4 is 4.74 Å². The van der Waals surface area contributed by atoms with Gasteiger partial charge in [-0.25, -0.2) is 0 Å². The molecule has 0 amide bonds. The summed E-state index contributed by atoms with van der Waals surface area (Å²) in [5.74, 6) is 0.844. The molecule has 3 atom stereocenters. The molecule has 4 rings (SSSR count). The van der Waals surface area contributed by atoms with E-state index in [1.165, 1.54) is 0 Å². The number of methoxy groups -OCH3 is 1. The molecule has 3 aromatic carbocycles. The number of ether oxygens (including phenoxy) is 3. The molecule has 3 aromatic rings. The number of carbonyl (C=O) groups is 1. The molecule has 1 saturated carbocycles. The maximum Gasteiger partial charge on any atom is 0.310 e. The van der Waals surface area contributed by atoms with Gasteiger partial charge in [0.1, 0.15) is 17.0 Å². The summed E-state index contributed by atoms with van der Waals surface area (Å²) in [5, 5.41) is 0. The van der Waals surface area contributed by atoms with Gasteiger partial charge >= 0.3 is 5.97 Å². The lowest BCUT2D eigenvalue weighted by Gasteiger charge is -2.36. The predicted octanol–water partition coefficient (Wildman–Crippen LogP) is 6.23. The zero-order chi connectivity index (χ0) is 24.3. The van der Waals surface area contributed by atoms with Crippen molar-refractivity contribution in [2.24, 2.45) is 17.8 Å². The fourth-order valence-corrected chi connectivity index (χ4v) is 4.70. The number of rotatable bonds is 8. The smallest absolute Gasteiger partial charge is 0.310 e. The third kappa shape index (κ3) is 4.88. The normalized spacial score (nSPS) is 20.0. The van der Waals surface area contributed by atoms with Gasteiger partial charge in [0.2, 0.25) is 0 Å². The Bertz CT molecular complexity index is 1040. The minimum Gasteiger partial charge on any atom is -0.497 e. The molecule has 1 aliphatic carbocycles. The van der Waals surface area contributed by atoms with Gasteiger partial charge in [0.05, 0.1) is 19.6 Å². The van der Waals surface area contributed by atoms with Gasteiger partial charge in [0, 0.05) is 0 Å². The van der Waals surface area contributed by atoms with Crippen LogP contribution >= 0.6 is 0 Å². The summed E-state index contributed by atoms with van der Waals surface area (Å²) in [6.45, 7) is 8.26. The zero-order valence-electron chi connectivity index (χ0n) is 20.7. The fourth-order valence-electron chi connectivity index (χ4n) is 4.70. The topological polar surface area (TPSA) is 44.8 Å². The van der Waals surface area contributed by atoms with Crippen molar-refractivity contribution in [3.63, 3.8) is 0 Å². The molecule has 0 aromatic heterocycles. The van der Waals surface area contributed by atoms with E-state index < -0.39 is 11.2 Å². The second-order valence-electron chi connectivity index (χ2n) is 10.0. The molecule has 0 heterocycles. The van der Waals surface area contributed by atoms with Crippen LogP contribution in [0.2, 0.25) is 0 Å². The van der Waals surface area contributed by atoms with Crippen molar-refractivity contribution in [2.75, 3.05) is 13.7 Å². The molecule has 0 bridgehead atoms. The maximum absolute atomic E-state index is 12.8. The minimum atomic E-state index is -0.824. The number of esters is 1. The van der Waals surface area contributed by atoms with Crippen LogP contribution in [0.3, 0.4) is 0 Å². The lowest BCUT2D eigenvalue weighted by molar-refractivity contribution is -0.157. The first-order valence-corrected chi connectivity index (χ1v) is 11.9. The van der Waals surface area contributed by atoms with E-state index in [-0.39, 0.29) is 23.7 Å². The average Bonchev–Trinajstić information content (AvgIpc) is 3.49. The zero-order valence-corrected chi connectivity index (χ0v) is 20.7. The Balaban J connectivity index is 1.72. The van der Waals surface area contributed by atoms with Gasteiger partial charge in [0.15, 0.2) is 0 Å². The largest absolute Gasteiger partial charge is 0.497 e. The average molecular weight is 459 g/mol. The van der Waals surface area contributed by atoms with Gasteiger partial charge in [-0.1, -0.05) is 79.7 Å². The van der Waals surface area contributed by atoms with Crippen LogP contribution in [0, 0.1) is 17.8 Å². The van der Waals surface area contributed by atoms with Crippen molar-refractivity contribution in [3.8, 4) is 5.75 Å². The SMILES string of the molecule is COc1ccc(C(OCC2C(C)C2C(=O)OC(C)(C)C)(c2ccccc2)c2ccccc2)cc1. The standard InChI is InChI=1S/C30H34O4/c1-21-26(27(21)28(31)34-29(2,3)4)20-33-30(22-12-8-6-9-13-22,23-14-10-7-11-15-23)24-16-18-25(32-5)19-17-24/h6-19,21,26-27H,20H2,1-5H3. The van der Waals surface area contributed by atoms with E-state index in [2.05, 4.69) is 43.3 Å². The van der Waals surface area contributed by atoms with E-state index >= 15 is 0 Å². The first kappa shape index (κ1) is 24.0. The van der Waals surface area contributed by atoms with Crippen LogP contribution in [-0.2, 0) is 19.9 Å².